The number of nitrogens with two attached hydrogens (primary N) is 2. The van der Waals surface area contributed by atoms with E-state index in [2.05, 4.69) is 5.48 Å². The minimum Gasteiger partial charge on any atom is -0.377 e. The summed E-state index contributed by atoms with van der Waals surface area (Å²) in [5.74, 6) is 0.406. The third-order valence-electron chi connectivity index (χ3n) is 1.80. The third-order valence-corrected chi connectivity index (χ3v) is 1.95. The Labute approximate surface area is 89.7 Å². The van der Waals surface area contributed by atoms with Crippen molar-refractivity contribution in [1.82, 2.24) is 5.48 Å². The van der Waals surface area contributed by atoms with Crippen LogP contribution < -0.4 is 16.9 Å². The minimum absolute atomic E-state index is 0.259. The summed E-state index contributed by atoms with van der Waals surface area (Å²) in [6, 6.07) is -0.259. The molecule has 0 fully saturated rings. The molecule has 2 unspecified atom stereocenters. The van der Waals surface area contributed by atoms with Crippen molar-refractivity contribution in [3.05, 3.63) is 0 Å². The summed E-state index contributed by atoms with van der Waals surface area (Å²) in [6.45, 7) is 1.04. The predicted molar refractivity (Wildman–Crippen MR) is 56.7 cm³/mol. The van der Waals surface area contributed by atoms with E-state index in [0.717, 1.165) is 19.3 Å². The van der Waals surface area contributed by atoms with Crippen molar-refractivity contribution in [2.45, 2.75) is 31.5 Å². The van der Waals surface area contributed by atoms with Crippen molar-refractivity contribution in [2.75, 3.05) is 19.0 Å². The predicted octanol–water partition coefficient (Wildman–Crippen LogP) is -0.479. The summed E-state index contributed by atoms with van der Waals surface area (Å²) in [5, 5.41) is 9.18. The highest BCUT2D eigenvalue weighted by atomic mass is 35.5. The molecule has 0 radical (unpaired) electrons. The number of rotatable bonds is 9. The fraction of sp³-hybridized carbons (Fsp3) is 1.00. The molecule has 6 N–H and O–H groups in total. The largest absolute Gasteiger partial charge is 0.377 e. The van der Waals surface area contributed by atoms with Crippen LogP contribution >= 0.6 is 11.6 Å². The first-order valence-corrected chi connectivity index (χ1v) is 5.32. The summed E-state index contributed by atoms with van der Waals surface area (Å²) in [4.78, 5) is 4.98. The Balaban J connectivity index is 3.55. The monoisotopic (exact) mass is 225 g/mol. The van der Waals surface area contributed by atoms with Crippen LogP contribution in [-0.2, 0) is 4.84 Å². The highest BCUT2D eigenvalue weighted by Crippen LogP contribution is 2.02. The molecule has 2 atom stereocenters. The number of aliphatic hydroxyl groups excluding tert-OH is 1. The number of nitrogens with one attached hydrogen (secondary N) is 1. The lowest BCUT2D eigenvalue weighted by molar-refractivity contribution is -0.0177. The topological polar surface area (TPSA) is 93.5 Å². The molecule has 14 heavy (non-hydrogen) atoms. The summed E-state index contributed by atoms with van der Waals surface area (Å²) < 4.78 is 0. The SMILES string of the molecule is NCCCCC(NOCCCl)C(N)O. The van der Waals surface area contributed by atoms with Gasteiger partial charge in [-0.1, -0.05) is 6.42 Å². The highest BCUT2D eigenvalue weighted by Gasteiger charge is 2.14. The van der Waals surface area contributed by atoms with Gasteiger partial charge >= 0.3 is 0 Å². The Kier molecular flexibility index (Phi) is 9.70. The highest BCUT2D eigenvalue weighted by molar-refractivity contribution is 6.17. The molecular weight excluding hydrogens is 206 g/mol. The molecule has 0 aliphatic heterocycles. The van der Waals surface area contributed by atoms with Gasteiger partial charge in [-0.25, -0.2) is 0 Å². The van der Waals surface area contributed by atoms with Crippen LogP contribution in [0.5, 0.6) is 0 Å². The zero-order valence-electron chi connectivity index (χ0n) is 8.29. The first-order valence-electron chi connectivity index (χ1n) is 4.79. The first kappa shape index (κ1) is 14.1. The Hall–Kier alpha value is 0.0900. The molecule has 0 aliphatic carbocycles. The van der Waals surface area contributed by atoms with Crippen molar-refractivity contribution in [3.63, 3.8) is 0 Å². The van der Waals surface area contributed by atoms with E-state index in [1.54, 1.807) is 0 Å². The zero-order chi connectivity index (χ0) is 10.8. The van der Waals surface area contributed by atoms with Crippen molar-refractivity contribution in [2.24, 2.45) is 11.5 Å². The van der Waals surface area contributed by atoms with Gasteiger partial charge in [0.15, 0.2) is 0 Å². The van der Waals surface area contributed by atoms with Crippen molar-refractivity contribution in [3.8, 4) is 0 Å². The van der Waals surface area contributed by atoms with E-state index in [1.807, 2.05) is 0 Å². The Bertz CT molecular complexity index is 117. The molecule has 6 heteroatoms. The van der Waals surface area contributed by atoms with E-state index in [1.165, 1.54) is 0 Å². The van der Waals surface area contributed by atoms with Gasteiger partial charge in [-0.15, -0.1) is 11.6 Å². The van der Waals surface area contributed by atoms with Gasteiger partial charge in [0.2, 0.25) is 0 Å². The van der Waals surface area contributed by atoms with Gasteiger partial charge in [0, 0.05) is 5.88 Å². The quantitative estimate of drug-likeness (QED) is 0.184. The lowest BCUT2D eigenvalue weighted by Crippen LogP contribution is -2.45. The molecule has 0 bridgehead atoms. The van der Waals surface area contributed by atoms with Gasteiger partial charge in [-0.2, -0.15) is 5.48 Å². The number of unbranched alkanes of at least 4 members (excludes halogenated alkanes) is 1. The molecule has 5 nitrogen and oxygen atoms in total. The van der Waals surface area contributed by atoms with Gasteiger partial charge in [0.1, 0.15) is 6.23 Å². The van der Waals surface area contributed by atoms with Gasteiger partial charge in [0.25, 0.3) is 0 Å². The maximum atomic E-state index is 9.18. The Morgan fingerprint density at radius 2 is 2.14 bits per heavy atom. The molecule has 0 aliphatic rings. The van der Waals surface area contributed by atoms with Crippen molar-refractivity contribution < 1.29 is 9.94 Å². The fourth-order valence-corrected chi connectivity index (χ4v) is 1.09. The molecule has 0 rings (SSSR count). The van der Waals surface area contributed by atoms with Gasteiger partial charge in [0.05, 0.1) is 12.6 Å². The van der Waals surface area contributed by atoms with E-state index in [9.17, 15) is 5.11 Å². The van der Waals surface area contributed by atoms with Crippen LogP contribution in [0.1, 0.15) is 19.3 Å². The van der Waals surface area contributed by atoms with Crippen LogP contribution in [0.3, 0.4) is 0 Å². The Morgan fingerprint density at radius 1 is 1.43 bits per heavy atom. The van der Waals surface area contributed by atoms with Crippen LogP contribution in [0.4, 0.5) is 0 Å². The Morgan fingerprint density at radius 3 is 2.64 bits per heavy atom. The minimum atomic E-state index is -0.928. The lowest BCUT2D eigenvalue weighted by atomic mass is 10.1. The fourth-order valence-electron chi connectivity index (χ4n) is 1.01. The van der Waals surface area contributed by atoms with E-state index >= 15 is 0 Å². The average molecular weight is 226 g/mol. The molecule has 86 valence electrons. The second kappa shape index (κ2) is 9.64. The molecule has 0 saturated carbocycles. The number of hydrogen-bond acceptors (Lipinski definition) is 5. The van der Waals surface area contributed by atoms with Gasteiger partial charge < -0.3 is 21.4 Å². The number of hydroxylamine groups is 1. The van der Waals surface area contributed by atoms with Crippen LogP contribution in [0, 0.1) is 0 Å². The average Bonchev–Trinajstić information content (AvgIpc) is 2.15. The number of aliphatic hydroxyl groups is 1. The first-order chi connectivity index (χ1) is 6.72. The summed E-state index contributed by atoms with van der Waals surface area (Å²) in [6.07, 6.45) is 1.63. The molecule has 0 aromatic rings. The van der Waals surface area contributed by atoms with Crippen LogP contribution in [-0.4, -0.2) is 36.4 Å². The van der Waals surface area contributed by atoms with E-state index in [4.69, 9.17) is 27.9 Å². The van der Waals surface area contributed by atoms with Crippen LogP contribution in [0.25, 0.3) is 0 Å². The van der Waals surface area contributed by atoms with E-state index in [-0.39, 0.29) is 6.04 Å². The standard InChI is InChI=1S/C8H20ClN3O2/c9-4-6-14-12-7(8(11)13)3-1-2-5-10/h7-8,12-13H,1-6,10-11H2. The molecule has 0 aromatic carbocycles. The van der Waals surface area contributed by atoms with Crippen molar-refractivity contribution >= 4 is 11.6 Å². The van der Waals surface area contributed by atoms with Crippen LogP contribution in [0.2, 0.25) is 0 Å². The zero-order valence-corrected chi connectivity index (χ0v) is 9.04. The summed E-state index contributed by atoms with van der Waals surface area (Å²) >= 11 is 5.42. The number of alkyl halides is 1. The van der Waals surface area contributed by atoms with Gasteiger partial charge in [-0.05, 0) is 19.4 Å². The van der Waals surface area contributed by atoms with Crippen LogP contribution in [0.15, 0.2) is 0 Å². The molecule has 0 saturated heterocycles. The third kappa shape index (κ3) is 7.49. The van der Waals surface area contributed by atoms with E-state index in [0.29, 0.717) is 19.0 Å². The second-order valence-electron chi connectivity index (χ2n) is 3.04. The maximum absolute atomic E-state index is 9.18. The molecule has 0 heterocycles. The molecule has 0 spiro atoms. The summed E-state index contributed by atoms with van der Waals surface area (Å²) in [7, 11) is 0. The van der Waals surface area contributed by atoms with Gasteiger partial charge in [-0.3, -0.25) is 0 Å². The lowest BCUT2D eigenvalue weighted by Gasteiger charge is -2.20. The molecular formula is C8H20ClN3O2. The maximum Gasteiger partial charge on any atom is 0.120 e. The number of hydrogen-bond donors (Lipinski definition) is 4. The number of halogens is 1. The van der Waals surface area contributed by atoms with E-state index < -0.39 is 6.23 Å². The second-order valence-corrected chi connectivity index (χ2v) is 3.41. The normalized spacial score (nSPS) is 15.4. The smallest absolute Gasteiger partial charge is 0.120 e. The molecule has 0 aromatic heterocycles. The van der Waals surface area contributed by atoms with Crippen molar-refractivity contribution in [1.29, 1.82) is 0 Å². The summed E-state index contributed by atoms with van der Waals surface area (Å²) in [5.41, 5.74) is 13.4. The molecule has 0 amide bonds.